The van der Waals surface area contributed by atoms with Crippen LogP contribution in [0.3, 0.4) is 0 Å². The van der Waals surface area contributed by atoms with E-state index in [2.05, 4.69) is 35.7 Å². The molecule has 1 aliphatic heterocycles. The highest BCUT2D eigenvalue weighted by Gasteiger charge is 2.22. The van der Waals surface area contributed by atoms with Crippen LogP contribution in [0.2, 0.25) is 0 Å². The van der Waals surface area contributed by atoms with E-state index in [-0.39, 0.29) is 0 Å². The Labute approximate surface area is 78.8 Å². The van der Waals surface area contributed by atoms with Crippen LogP contribution in [0.4, 0.5) is 0 Å². The van der Waals surface area contributed by atoms with Gasteiger partial charge in [0, 0.05) is 24.5 Å². The molecule has 1 atom stereocenters. The summed E-state index contributed by atoms with van der Waals surface area (Å²) in [4.78, 5) is 15.3. The minimum atomic E-state index is 0.375. The Morgan fingerprint density at radius 2 is 2.31 bits per heavy atom. The first-order valence-corrected chi connectivity index (χ1v) is 4.55. The van der Waals surface area contributed by atoms with Crippen molar-refractivity contribution in [3.8, 4) is 12.0 Å². The molecule has 0 aromatic carbocycles. The van der Waals surface area contributed by atoms with Crippen molar-refractivity contribution in [1.29, 1.82) is 0 Å². The number of hydrogen-bond donors (Lipinski definition) is 0. The SMILES string of the molecule is CC(C)N1CCC(C#CN=C=O)C1. The fraction of sp³-hybridized carbons (Fsp3) is 0.700. The van der Waals surface area contributed by atoms with E-state index in [1.807, 2.05) is 0 Å². The Balaban J connectivity index is 2.42. The summed E-state index contributed by atoms with van der Waals surface area (Å²) in [6, 6.07) is 3.05. The van der Waals surface area contributed by atoms with Gasteiger partial charge in [0.05, 0.1) is 0 Å². The molecule has 1 saturated heterocycles. The van der Waals surface area contributed by atoms with E-state index in [4.69, 9.17) is 0 Å². The maximum atomic E-state index is 9.75. The van der Waals surface area contributed by atoms with Crippen molar-refractivity contribution in [1.82, 2.24) is 4.90 Å². The van der Waals surface area contributed by atoms with Gasteiger partial charge in [-0.05, 0) is 26.8 Å². The standard InChI is InChI=1S/C10H14N2O/c1-9(2)12-6-4-10(7-12)3-5-11-8-13/h9-10H,4,6-7H2,1-2H3. The molecule has 0 aromatic rings. The van der Waals surface area contributed by atoms with Crippen LogP contribution in [-0.2, 0) is 4.79 Å². The molecule has 0 aliphatic carbocycles. The summed E-state index contributed by atoms with van der Waals surface area (Å²) < 4.78 is 0. The Kier molecular flexibility index (Phi) is 3.70. The van der Waals surface area contributed by atoms with Gasteiger partial charge in [0.25, 0.3) is 0 Å². The molecular weight excluding hydrogens is 164 g/mol. The number of isocyanates is 1. The summed E-state index contributed by atoms with van der Waals surface area (Å²) in [7, 11) is 0. The maximum absolute atomic E-state index is 9.75. The number of aliphatic imine (C=N–C) groups is 1. The van der Waals surface area contributed by atoms with Crippen molar-refractivity contribution >= 4 is 6.08 Å². The summed E-state index contributed by atoms with van der Waals surface area (Å²) >= 11 is 0. The van der Waals surface area contributed by atoms with Crippen LogP contribution in [0, 0.1) is 17.9 Å². The third kappa shape index (κ3) is 3.02. The van der Waals surface area contributed by atoms with Gasteiger partial charge in [0.2, 0.25) is 6.08 Å². The summed E-state index contributed by atoms with van der Waals surface area (Å²) in [6.45, 7) is 6.46. The Morgan fingerprint density at radius 1 is 1.54 bits per heavy atom. The molecule has 0 N–H and O–H groups in total. The molecule has 1 unspecified atom stereocenters. The van der Waals surface area contributed by atoms with E-state index in [1.54, 1.807) is 0 Å². The van der Waals surface area contributed by atoms with Crippen molar-refractivity contribution in [3.05, 3.63) is 0 Å². The molecule has 70 valence electrons. The number of hydrogen-bond acceptors (Lipinski definition) is 3. The number of likely N-dealkylation sites (tertiary alicyclic amines) is 1. The van der Waals surface area contributed by atoms with Crippen LogP contribution >= 0.6 is 0 Å². The quantitative estimate of drug-likeness (QED) is 0.341. The van der Waals surface area contributed by atoms with Crippen LogP contribution in [0.5, 0.6) is 0 Å². The monoisotopic (exact) mass is 178 g/mol. The van der Waals surface area contributed by atoms with Gasteiger partial charge in [-0.15, -0.1) is 4.99 Å². The molecule has 1 aliphatic rings. The summed E-state index contributed by atoms with van der Waals surface area (Å²) in [5, 5.41) is 0. The first-order chi connectivity index (χ1) is 6.24. The number of rotatable bonds is 1. The van der Waals surface area contributed by atoms with Crippen LogP contribution < -0.4 is 0 Å². The average Bonchev–Trinajstić information content (AvgIpc) is 2.53. The highest BCUT2D eigenvalue weighted by Crippen LogP contribution is 2.17. The molecule has 3 nitrogen and oxygen atoms in total. The lowest BCUT2D eigenvalue weighted by Crippen LogP contribution is -2.27. The predicted octanol–water partition coefficient (Wildman–Crippen LogP) is 1.01. The van der Waals surface area contributed by atoms with Gasteiger partial charge in [-0.25, -0.2) is 4.79 Å². The van der Waals surface area contributed by atoms with Crippen molar-refractivity contribution in [2.45, 2.75) is 26.3 Å². The molecule has 0 aromatic heterocycles. The second kappa shape index (κ2) is 4.81. The normalized spacial score (nSPS) is 22.2. The Hall–Kier alpha value is -1.10. The van der Waals surface area contributed by atoms with Crippen LogP contribution in [0.15, 0.2) is 4.99 Å². The van der Waals surface area contributed by atoms with Gasteiger partial charge >= 0.3 is 0 Å². The minimum absolute atomic E-state index is 0.375. The van der Waals surface area contributed by atoms with Crippen molar-refractivity contribution in [2.75, 3.05) is 13.1 Å². The fourth-order valence-electron chi connectivity index (χ4n) is 1.52. The molecule has 3 heteroatoms. The highest BCUT2D eigenvalue weighted by atomic mass is 16.1. The van der Waals surface area contributed by atoms with Crippen LogP contribution in [0.25, 0.3) is 0 Å². The zero-order valence-electron chi connectivity index (χ0n) is 8.08. The molecular formula is C10H14N2O. The first-order valence-electron chi connectivity index (χ1n) is 4.55. The molecule has 1 rings (SSSR count). The molecule has 13 heavy (non-hydrogen) atoms. The largest absolute Gasteiger partial charge is 0.300 e. The van der Waals surface area contributed by atoms with Crippen molar-refractivity contribution < 1.29 is 4.79 Å². The molecule has 0 bridgehead atoms. The van der Waals surface area contributed by atoms with Crippen LogP contribution in [0.1, 0.15) is 20.3 Å². The van der Waals surface area contributed by atoms with Crippen LogP contribution in [-0.4, -0.2) is 30.1 Å². The van der Waals surface area contributed by atoms with Gasteiger partial charge in [0.15, 0.2) is 0 Å². The van der Waals surface area contributed by atoms with E-state index in [0.717, 1.165) is 19.5 Å². The lowest BCUT2D eigenvalue weighted by molar-refractivity contribution is 0.271. The zero-order chi connectivity index (χ0) is 9.68. The summed E-state index contributed by atoms with van der Waals surface area (Å²) in [6.07, 6.45) is 2.50. The molecule has 1 heterocycles. The van der Waals surface area contributed by atoms with Gasteiger partial charge in [0.1, 0.15) is 0 Å². The smallest absolute Gasteiger partial charge is 0.249 e. The van der Waals surface area contributed by atoms with Crippen molar-refractivity contribution in [3.63, 3.8) is 0 Å². The second-order valence-electron chi connectivity index (χ2n) is 3.53. The van der Waals surface area contributed by atoms with E-state index in [1.165, 1.54) is 6.08 Å². The van der Waals surface area contributed by atoms with Crippen molar-refractivity contribution in [2.24, 2.45) is 10.9 Å². The minimum Gasteiger partial charge on any atom is -0.300 e. The summed E-state index contributed by atoms with van der Waals surface area (Å²) in [5.41, 5.74) is 0. The van der Waals surface area contributed by atoms with E-state index >= 15 is 0 Å². The first kappa shape index (κ1) is 9.98. The van der Waals surface area contributed by atoms with Gasteiger partial charge < -0.3 is 0 Å². The molecule has 0 spiro atoms. The molecule has 0 amide bonds. The highest BCUT2D eigenvalue weighted by molar-refractivity contribution is 5.36. The average molecular weight is 178 g/mol. The fourth-order valence-corrected chi connectivity index (χ4v) is 1.52. The topological polar surface area (TPSA) is 32.7 Å². The third-order valence-electron chi connectivity index (χ3n) is 2.32. The van der Waals surface area contributed by atoms with E-state index in [0.29, 0.717) is 12.0 Å². The number of carbonyl (C=O) groups excluding carboxylic acids is 1. The lowest BCUT2D eigenvalue weighted by atomic mass is 10.1. The second-order valence-corrected chi connectivity index (χ2v) is 3.53. The zero-order valence-corrected chi connectivity index (χ0v) is 8.08. The predicted molar refractivity (Wildman–Crippen MR) is 50.7 cm³/mol. The van der Waals surface area contributed by atoms with Gasteiger partial charge in [-0.3, -0.25) is 4.90 Å². The molecule has 0 radical (unpaired) electrons. The Bertz CT molecular complexity index is 268. The Morgan fingerprint density at radius 3 is 2.85 bits per heavy atom. The summed E-state index contributed by atoms with van der Waals surface area (Å²) in [5.74, 6) is 3.32. The molecule has 0 saturated carbocycles. The van der Waals surface area contributed by atoms with Gasteiger partial charge in [-0.1, -0.05) is 5.92 Å². The van der Waals surface area contributed by atoms with Gasteiger partial charge in [-0.2, -0.15) is 0 Å². The number of nitrogens with zero attached hydrogens (tertiary/aromatic N) is 2. The maximum Gasteiger partial charge on any atom is 0.249 e. The third-order valence-corrected chi connectivity index (χ3v) is 2.32. The van der Waals surface area contributed by atoms with E-state index in [9.17, 15) is 4.79 Å². The molecule has 1 fully saturated rings. The van der Waals surface area contributed by atoms with E-state index < -0.39 is 0 Å². The lowest BCUT2D eigenvalue weighted by Gasteiger charge is -2.18.